The van der Waals surface area contributed by atoms with Crippen molar-refractivity contribution < 1.29 is 22.4 Å². The highest BCUT2D eigenvalue weighted by molar-refractivity contribution is 7.91. The summed E-state index contributed by atoms with van der Waals surface area (Å²) >= 11 is 0. The number of carbonyl (C=O) groups is 1. The molecule has 3 aromatic rings. The summed E-state index contributed by atoms with van der Waals surface area (Å²) in [6.45, 7) is 0.702. The van der Waals surface area contributed by atoms with Crippen molar-refractivity contribution in [3.63, 3.8) is 0 Å². The topological polar surface area (TPSA) is 76.8 Å². The summed E-state index contributed by atoms with van der Waals surface area (Å²) in [5.41, 5.74) is 0. The predicted octanol–water partition coefficient (Wildman–Crippen LogP) is 3.81. The van der Waals surface area contributed by atoms with E-state index in [0.29, 0.717) is 31.6 Å². The summed E-state index contributed by atoms with van der Waals surface area (Å²) in [6, 6.07) is 17.2. The Balaban J connectivity index is 1.36. The third-order valence-electron chi connectivity index (χ3n) is 5.42. The number of benzene rings is 2. The zero-order valence-electron chi connectivity index (χ0n) is 16.7. The van der Waals surface area contributed by atoms with E-state index in [1.54, 1.807) is 23.3 Å². The van der Waals surface area contributed by atoms with Crippen molar-refractivity contribution in [3.8, 4) is 5.75 Å². The molecular weight excluding hydrogens is 402 g/mol. The first kappa shape index (κ1) is 20.5. The van der Waals surface area contributed by atoms with Crippen LogP contribution >= 0.6 is 0 Å². The van der Waals surface area contributed by atoms with Crippen LogP contribution in [0.4, 0.5) is 0 Å². The molecule has 1 atom stereocenters. The van der Waals surface area contributed by atoms with Gasteiger partial charge in [-0.15, -0.1) is 0 Å². The number of hydrogen-bond donors (Lipinski definition) is 0. The average molecular weight is 428 g/mol. The van der Waals surface area contributed by atoms with Crippen molar-refractivity contribution in [1.29, 1.82) is 0 Å². The normalized spacial score (nSPS) is 17.8. The predicted molar refractivity (Wildman–Crippen MR) is 115 cm³/mol. The van der Waals surface area contributed by atoms with Gasteiger partial charge in [0.1, 0.15) is 11.5 Å². The number of furan rings is 1. The van der Waals surface area contributed by atoms with Gasteiger partial charge < -0.3 is 14.1 Å². The summed E-state index contributed by atoms with van der Waals surface area (Å²) in [6.07, 6.45) is 2.88. The number of sulfone groups is 1. The Kier molecular flexibility index (Phi) is 6.08. The van der Waals surface area contributed by atoms with E-state index in [1.807, 2.05) is 42.5 Å². The first-order valence-electron chi connectivity index (χ1n) is 10.1. The fourth-order valence-electron chi connectivity index (χ4n) is 3.88. The highest BCUT2D eigenvalue weighted by atomic mass is 32.2. The molecule has 2 aromatic carbocycles. The second-order valence-corrected chi connectivity index (χ2v) is 9.82. The summed E-state index contributed by atoms with van der Waals surface area (Å²) < 4.78 is 35.1. The maximum Gasteiger partial charge on any atom is 0.223 e. The van der Waals surface area contributed by atoms with Gasteiger partial charge in [-0.1, -0.05) is 36.4 Å². The Hall–Kier alpha value is -2.80. The van der Waals surface area contributed by atoms with E-state index in [2.05, 4.69) is 0 Å². The molecular formula is C23H25NO5S. The van der Waals surface area contributed by atoms with Gasteiger partial charge in [0.25, 0.3) is 0 Å². The molecule has 0 N–H and O–H groups in total. The van der Waals surface area contributed by atoms with Gasteiger partial charge in [0.15, 0.2) is 9.84 Å². The van der Waals surface area contributed by atoms with E-state index in [9.17, 15) is 13.2 Å². The number of hydrogen-bond acceptors (Lipinski definition) is 5. The van der Waals surface area contributed by atoms with Crippen LogP contribution in [0.25, 0.3) is 10.8 Å². The van der Waals surface area contributed by atoms with Gasteiger partial charge in [-0.3, -0.25) is 4.79 Å². The van der Waals surface area contributed by atoms with Crippen molar-refractivity contribution in [3.05, 3.63) is 66.6 Å². The molecule has 1 saturated heterocycles. The highest BCUT2D eigenvalue weighted by Crippen LogP contribution is 2.26. The molecule has 0 bridgehead atoms. The smallest absolute Gasteiger partial charge is 0.223 e. The average Bonchev–Trinajstić information content (AvgIpc) is 3.38. The van der Waals surface area contributed by atoms with Crippen LogP contribution in [-0.2, 0) is 21.2 Å². The maximum absolute atomic E-state index is 12.9. The van der Waals surface area contributed by atoms with Gasteiger partial charge in [-0.25, -0.2) is 8.42 Å². The number of rotatable bonds is 8. The lowest BCUT2D eigenvalue weighted by atomic mass is 10.1. The third-order valence-corrected chi connectivity index (χ3v) is 7.17. The van der Waals surface area contributed by atoms with Crippen LogP contribution in [0.3, 0.4) is 0 Å². The van der Waals surface area contributed by atoms with Crippen LogP contribution in [0, 0.1) is 0 Å². The molecule has 158 valence electrons. The van der Waals surface area contributed by atoms with Crippen LogP contribution in [0.1, 0.15) is 25.0 Å². The lowest BCUT2D eigenvalue weighted by Crippen LogP contribution is -2.40. The van der Waals surface area contributed by atoms with E-state index in [0.717, 1.165) is 16.5 Å². The lowest BCUT2D eigenvalue weighted by Gasteiger charge is -2.27. The molecule has 7 heteroatoms. The molecule has 30 heavy (non-hydrogen) atoms. The van der Waals surface area contributed by atoms with Gasteiger partial charge in [0, 0.05) is 17.8 Å². The van der Waals surface area contributed by atoms with E-state index in [1.165, 1.54) is 0 Å². The van der Waals surface area contributed by atoms with Crippen LogP contribution in [0.5, 0.6) is 5.75 Å². The van der Waals surface area contributed by atoms with Crippen LogP contribution < -0.4 is 4.74 Å². The summed E-state index contributed by atoms with van der Waals surface area (Å²) in [7, 11) is -3.08. The number of amides is 1. The fraction of sp³-hybridized carbons (Fsp3) is 0.348. The first-order valence-corrected chi connectivity index (χ1v) is 12.0. The number of ether oxygens (including phenoxy) is 1. The summed E-state index contributed by atoms with van der Waals surface area (Å²) in [5.74, 6) is 1.53. The zero-order chi connectivity index (χ0) is 21.0. The highest BCUT2D eigenvalue weighted by Gasteiger charge is 2.34. The molecule has 1 aromatic heterocycles. The molecule has 1 aliphatic rings. The van der Waals surface area contributed by atoms with Crippen molar-refractivity contribution in [2.75, 3.05) is 18.1 Å². The zero-order valence-corrected chi connectivity index (χ0v) is 17.5. The minimum absolute atomic E-state index is 0.0198. The molecule has 2 heterocycles. The third kappa shape index (κ3) is 4.84. The second kappa shape index (κ2) is 8.92. The summed E-state index contributed by atoms with van der Waals surface area (Å²) in [5, 5.41) is 2.15. The van der Waals surface area contributed by atoms with Gasteiger partial charge in [0.2, 0.25) is 5.91 Å². The number of carbonyl (C=O) groups excluding carboxylic acids is 1. The van der Waals surface area contributed by atoms with E-state index in [4.69, 9.17) is 9.15 Å². The Labute approximate surface area is 176 Å². The number of nitrogens with zero attached hydrogens (tertiary/aromatic N) is 1. The Bertz CT molecular complexity index is 1100. The minimum Gasteiger partial charge on any atom is -0.493 e. The van der Waals surface area contributed by atoms with Crippen LogP contribution in [0.15, 0.2) is 65.3 Å². The molecule has 0 spiro atoms. The van der Waals surface area contributed by atoms with Crippen molar-refractivity contribution in [2.24, 2.45) is 0 Å². The van der Waals surface area contributed by atoms with Crippen molar-refractivity contribution in [1.82, 2.24) is 4.90 Å². The Morgan fingerprint density at radius 2 is 1.93 bits per heavy atom. The molecule has 1 aliphatic heterocycles. The Morgan fingerprint density at radius 1 is 1.10 bits per heavy atom. The molecule has 4 rings (SSSR count). The quantitative estimate of drug-likeness (QED) is 0.511. The fourth-order valence-corrected chi connectivity index (χ4v) is 5.61. The standard InChI is InChI=1S/C23H25NO5S/c25-23(11-5-14-29-22-10-3-7-18-6-1-2-9-21(18)22)24(16-20-8-4-13-28-20)19-12-15-30(26,27)17-19/h1-4,6-10,13,19H,5,11-12,14-17H2/t19-/m1/s1. The van der Waals surface area contributed by atoms with Gasteiger partial charge in [0.05, 0.1) is 30.9 Å². The molecule has 0 radical (unpaired) electrons. The molecule has 0 saturated carbocycles. The van der Waals surface area contributed by atoms with E-state index in [-0.39, 0.29) is 30.0 Å². The van der Waals surface area contributed by atoms with Crippen LogP contribution in [-0.4, -0.2) is 43.4 Å². The van der Waals surface area contributed by atoms with Crippen molar-refractivity contribution in [2.45, 2.75) is 31.8 Å². The first-order chi connectivity index (χ1) is 14.5. The second-order valence-electron chi connectivity index (χ2n) is 7.59. The monoisotopic (exact) mass is 427 g/mol. The lowest BCUT2D eigenvalue weighted by molar-refractivity contribution is -0.134. The summed E-state index contributed by atoms with van der Waals surface area (Å²) in [4.78, 5) is 14.6. The number of fused-ring (bicyclic) bond motifs is 1. The van der Waals surface area contributed by atoms with Gasteiger partial charge in [-0.2, -0.15) is 0 Å². The van der Waals surface area contributed by atoms with E-state index >= 15 is 0 Å². The maximum atomic E-state index is 12.9. The molecule has 0 unspecified atom stereocenters. The minimum atomic E-state index is -3.08. The SMILES string of the molecule is O=C(CCCOc1cccc2ccccc12)N(Cc1ccco1)[C@@H]1CCS(=O)(=O)C1. The molecule has 1 amide bonds. The molecule has 1 fully saturated rings. The molecule has 6 nitrogen and oxygen atoms in total. The largest absolute Gasteiger partial charge is 0.493 e. The molecule has 0 aliphatic carbocycles. The van der Waals surface area contributed by atoms with Gasteiger partial charge in [-0.05, 0) is 36.4 Å². The van der Waals surface area contributed by atoms with Crippen molar-refractivity contribution >= 4 is 26.5 Å². The van der Waals surface area contributed by atoms with E-state index < -0.39 is 9.84 Å². The van der Waals surface area contributed by atoms with Gasteiger partial charge >= 0.3 is 0 Å². The van der Waals surface area contributed by atoms with Crippen LogP contribution in [0.2, 0.25) is 0 Å². The Morgan fingerprint density at radius 3 is 2.70 bits per heavy atom.